The maximum atomic E-state index is 11.4. The molecule has 0 fully saturated rings. The van der Waals surface area contributed by atoms with E-state index in [-0.39, 0.29) is 24.5 Å². The monoisotopic (exact) mass is 286 g/mol. The van der Waals surface area contributed by atoms with Crippen LogP contribution in [-0.4, -0.2) is 44.2 Å². The Morgan fingerprint density at radius 3 is 2.42 bits per heavy atom. The topological polar surface area (TPSA) is 80.7 Å². The first-order chi connectivity index (χ1) is 8.99. The highest BCUT2D eigenvalue weighted by molar-refractivity contribution is 7.91. The molecule has 0 aliphatic heterocycles. The Morgan fingerprint density at radius 1 is 1.11 bits per heavy atom. The number of sulfone groups is 1. The summed E-state index contributed by atoms with van der Waals surface area (Å²) >= 11 is 0. The van der Waals surface area contributed by atoms with Crippen LogP contribution in [0, 0.1) is 0 Å². The predicted molar refractivity (Wildman–Crippen MR) is 71.9 cm³/mol. The van der Waals surface area contributed by atoms with Crippen molar-refractivity contribution in [2.24, 2.45) is 0 Å². The highest BCUT2D eigenvalue weighted by Gasteiger charge is 2.12. The zero-order valence-electron chi connectivity index (χ0n) is 10.6. The standard InChI is InChI=1S/C13H18O5S/c14-13(15)7-10-19(16,17)11-9-18-8-6-12-4-2-1-3-5-12/h1-5H,6-11H2,(H,14,15). The Morgan fingerprint density at radius 2 is 1.79 bits per heavy atom. The van der Waals surface area contributed by atoms with Crippen LogP contribution in [0.2, 0.25) is 0 Å². The molecule has 0 saturated carbocycles. The van der Waals surface area contributed by atoms with Crippen molar-refractivity contribution in [2.75, 3.05) is 24.7 Å². The lowest BCUT2D eigenvalue weighted by Gasteiger charge is -2.05. The van der Waals surface area contributed by atoms with Gasteiger partial charge in [0.2, 0.25) is 0 Å². The molecule has 0 saturated heterocycles. The molecule has 0 atom stereocenters. The predicted octanol–water partition coefficient (Wildman–Crippen LogP) is 1.14. The molecule has 0 spiro atoms. The minimum absolute atomic E-state index is 0.106. The molecule has 0 heterocycles. The summed E-state index contributed by atoms with van der Waals surface area (Å²) in [5.74, 6) is -1.56. The highest BCUT2D eigenvalue weighted by atomic mass is 32.2. The van der Waals surface area contributed by atoms with E-state index in [1.54, 1.807) is 0 Å². The number of rotatable bonds is 9. The number of hydrogen-bond acceptors (Lipinski definition) is 4. The van der Waals surface area contributed by atoms with E-state index in [4.69, 9.17) is 9.84 Å². The summed E-state index contributed by atoms with van der Waals surface area (Å²) in [6.07, 6.45) is 0.377. The van der Waals surface area contributed by atoms with Crippen LogP contribution >= 0.6 is 0 Å². The van der Waals surface area contributed by atoms with E-state index in [9.17, 15) is 13.2 Å². The lowest BCUT2D eigenvalue weighted by molar-refractivity contribution is -0.136. The average Bonchev–Trinajstić information content (AvgIpc) is 2.37. The van der Waals surface area contributed by atoms with Gasteiger partial charge in [0.15, 0.2) is 9.84 Å². The maximum Gasteiger partial charge on any atom is 0.304 e. The van der Waals surface area contributed by atoms with Gasteiger partial charge in [-0.1, -0.05) is 30.3 Å². The Kier molecular flexibility index (Phi) is 6.52. The minimum atomic E-state index is -3.33. The first kappa shape index (κ1) is 15.7. The Balaban J connectivity index is 2.15. The van der Waals surface area contributed by atoms with Crippen LogP contribution in [0.25, 0.3) is 0 Å². The minimum Gasteiger partial charge on any atom is -0.481 e. The molecular formula is C13H18O5S. The van der Waals surface area contributed by atoms with Gasteiger partial charge >= 0.3 is 5.97 Å². The number of benzene rings is 1. The van der Waals surface area contributed by atoms with Crippen LogP contribution in [-0.2, 0) is 25.8 Å². The summed E-state index contributed by atoms with van der Waals surface area (Å²) in [7, 11) is -3.33. The van der Waals surface area contributed by atoms with Crippen molar-refractivity contribution < 1.29 is 23.1 Å². The molecule has 0 aromatic heterocycles. The van der Waals surface area contributed by atoms with Gasteiger partial charge in [0.25, 0.3) is 0 Å². The summed E-state index contributed by atoms with van der Waals surface area (Å²) < 4.78 is 28.1. The molecule has 1 aromatic carbocycles. The van der Waals surface area contributed by atoms with Crippen molar-refractivity contribution in [1.82, 2.24) is 0 Å². The van der Waals surface area contributed by atoms with Crippen molar-refractivity contribution in [2.45, 2.75) is 12.8 Å². The summed E-state index contributed by atoms with van der Waals surface area (Å²) in [5, 5.41) is 8.42. The van der Waals surface area contributed by atoms with Crippen molar-refractivity contribution in [1.29, 1.82) is 0 Å². The molecule has 0 amide bonds. The van der Waals surface area contributed by atoms with Gasteiger partial charge in [-0.05, 0) is 12.0 Å². The molecular weight excluding hydrogens is 268 g/mol. The molecule has 0 bridgehead atoms. The van der Waals surface area contributed by atoms with Crippen molar-refractivity contribution >= 4 is 15.8 Å². The number of aliphatic carboxylic acids is 1. The van der Waals surface area contributed by atoms with Crippen LogP contribution in [0.5, 0.6) is 0 Å². The normalized spacial score (nSPS) is 11.4. The van der Waals surface area contributed by atoms with E-state index in [2.05, 4.69) is 0 Å². The van der Waals surface area contributed by atoms with E-state index in [0.29, 0.717) is 6.61 Å². The first-order valence-electron chi connectivity index (χ1n) is 6.03. The smallest absolute Gasteiger partial charge is 0.304 e. The zero-order valence-corrected chi connectivity index (χ0v) is 11.4. The Bertz CT molecular complexity index is 481. The summed E-state index contributed by atoms with van der Waals surface area (Å²) in [6, 6.07) is 9.76. The SMILES string of the molecule is O=C(O)CCS(=O)(=O)CCOCCc1ccccc1. The zero-order chi connectivity index (χ0) is 14.1. The lowest BCUT2D eigenvalue weighted by Crippen LogP contribution is -2.18. The van der Waals surface area contributed by atoms with Crippen LogP contribution in [0.15, 0.2) is 30.3 Å². The fraction of sp³-hybridized carbons (Fsp3) is 0.462. The number of hydrogen-bond donors (Lipinski definition) is 1. The van der Waals surface area contributed by atoms with E-state index in [1.165, 1.54) is 0 Å². The largest absolute Gasteiger partial charge is 0.481 e. The van der Waals surface area contributed by atoms with Gasteiger partial charge in [-0.25, -0.2) is 8.42 Å². The van der Waals surface area contributed by atoms with Crippen molar-refractivity contribution in [3.8, 4) is 0 Å². The van der Waals surface area contributed by atoms with Crippen LogP contribution in [0.1, 0.15) is 12.0 Å². The van der Waals surface area contributed by atoms with Gasteiger partial charge in [-0.2, -0.15) is 0 Å². The van der Waals surface area contributed by atoms with Crippen molar-refractivity contribution in [3.05, 3.63) is 35.9 Å². The van der Waals surface area contributed by atoms with Crippen LogP contribution < -0.4 is 0 Å². The third kappa shape index (κ3) is 7.58. The van der Waals surface area contributed by atoms with Crippen LogP contribution in [0.4, 0.5) is 0 Å². The fourth-order valence-corrected chi connectivity index (χ4v) is 2.53. The molecule has 0 unspecified atom stereocenters. The van der Waals surface area contributed by atoms with Crippen LogP contribution in [0.3, 0.4) is 0 Å². The van der Waals surface area contributed by atoms with Gasteiger partial charge in [-0.3, -0.25) is 4.79 Å². The first-order valence-corrected chi connectivity index (χ1v) is 7.85. The second-order valence-electron chi connectivity index (χ2n) is 4.14. The molecule has 1 N–H and O–H groups in total. The van der Waals surface area contributed by atoms with Gasteiger partial charge < -0.3 is 9.84 Å². The fourth-order valence-electron chi connectivity index (χ4n) is 1.47. The van der Waals surface area contributed by atoms with E-state index in [1.807, 2.05) is 30.3 Å². The second-order valence-corrected chi connectivity index (χ2v) is 6.45. The average molecular weight is 286 g/mol. The van der Waals surface area contributed by atoms with Gasteiger partial charge in [0.1, 0.15) is 0 Å². The molecule has 1 aromatic rings. The van der Waals surface area contributed by atoms with Crippen molar-refractivity contribution in [3.63, 3.8) is 0 Å². The highest BCUT2D eigenvalue weighted by Crippen LogP contribution is 2.00. The molecule has 6 heteroatoms. The van der Waals surface area contributed by atoms with E-state index >= 15 is 0 Å². The summed E-state index contributed by atoms with van der Waals surface area (Å²) in [5.41, 5.74) is 1.14. The van der Waals surface area contributed by atoms with Gasteiger partial charge in [0, 0.05) is 0 Å². The third-order valence-corrected chi connectivity index (χ3v) is 4.16. The molecule has 0 aliphatic rings. The molecule has 0 radical (unpaired) electrons. The van der Waals surface area contributed by atoms with Gasteiger partial charge in [0.05, 0.1) is 31.1 Å². The number of carboxylic acids is 1. The summed E-state index contributed by atoms with van der Waals surface area (Å²) in [4.78, 5) is 10.3. The quantitative estimate of drug-likeness (QED) is 0.688. The van der Waals surface area contributed by atoms with E-state index < -0.39 is 15.8 Å². The molecule has 5 nitrogen and oxygen atoms in total. The summed E-state index contributed by atoms with van der Waals surface area (Å²) in [6.45, 7) is 0.563. The number of ether oxygens (including phenoxy) is 1. The number of carboxylic acid groups (broad SMARTS) is 1. The van der Waals surface area contributed by atoms with Gasteiger partial charge in [-0.15, -0.1) is 0 Å². The molecule has 1 rings (SSSR count). The Hall–Kier alpha value is -1.40. The second kappa shape index (κ2) is 7.91. The van der Waals surface area contributed by atoms with E-state index in [0.717, 1.165) is 12.0 Å². The number of carbonyl (C=O) groups is 1. The molecule has 19 heavy (non-hydrogen) atoms. The Labute approximate surface area is 113 Å². The maximum absolute atomic E-state index is 11.4. The third-order valence-electron chi connectivity index (χ3n) is 2.54. The molecule has 0 aliphatic carbocycles. The molecule has 106 valence electrons. The lowest BCUT2D eigenvalue weighted by atomic mass is 10.2.